The first-order chi connectivity index (χ1) is 6.67. The average molecular weight is 196 g/mol. The Kier molecular flexibility index (Phi) is 3.47. The zero-order valence-corrected chi connectivity index (χ0v) is 8.70. The van der Waals surface area contributed by atoms with E-state index in [9.17, 15) is 0 Å². The highest BCUT2D eigenvalue weighted by Crippen LogP contribution is 2.10. The van der Waals surface area contributed by atoms with Crippen LogP contribution in [-0.4, -0.2) is 22.3 Å². The second-order valence-electron chi connectivity index (χ2n) is 2.89. The maximum atomic E-state index is 5.29. The molecule has 1 aromatic heterocycles. The van der Waals surface area contributed by atoms with Crippen LogP contribution in [0.4, 0.5) is 5.69 Å². The molecule has 6 heteroatoms. The van der Waals surface area contributed by atoms with Crippen molar-refractivity contribution in [2.45, 2.75) is 13.8 Å². The number of aromatic nitrogens is 2. The molecule has 4 N–H and O–H groups in total. The van der Waals surface area contributed by atoms with Gasteiger partial charge in [0, 0.05) is 19.8 Å². The van der Waals surface area contributed by atoms with Gasteiger partial charge in [-0.05, 0) is 13.8 Å². The molecule has 0 aliphatic carbocycles. The molecule has 0 unspecified atom stereocenters. The fraction of sp³-hybridized carbons (Fsp3) is 0.500. The topological polar surface area (TPSA) is 80.3 Å². The number of guanidine groups is 1. The Balaban J connectivity index is 2.76. The number of hydrogen-bond donors (Lipinski definition) is 3. The largest absolute Gasteiger partial charge is 0.322 e. The molecule has 0 aliphatic heterocycles. The van der Waals surface area contributed by atoms with Crippen LogP contribution in [-0.2, 0) is 7.05 Å². The molecule has 0 saturated heterocycles. The molecule has 14 heavy (non-hydrogen) atoms. The van der Waals surface area contributed by atoms with Gasteiger partial charge in [0.05, 0.1) is 11.4 Å². The first-order valence-electron chi connectivity index (χ1n) is 4.45. The molecule has 0 radical (unpaired) electrons. The van der Waals surface area contributed by atoms with Gasteiger partial charge in [-0.2, -0.15) is 5.10 Å². The Hall–Kier alpha value is -1.56. The van der Waals surface area contributed by atoms with Gasteiger partial charge in [0.15, 0.2) is 0 Å². The van der Waals surface area contributed by atoms with Crippen molar-refractivity contribution in [2.24, 2.45) is 17.9 Å². The third-order valence-electron chi connectivity index (χ3n) is 1.72. The van der Waals surface area contributed by atoms with Crippen molar-refractivity contribution in [3.8, 4) is 0 Å². The lowest BCUT2D eigenvalue weighted by Crippen LogP contribution is -2.36. The third-order valence-corrected chi connectivity index (χ3v) is 1.72. The van der Waals surface area contributed by atoms with Crippen LogP contribution in [0.25, 0.3) is 0 Å². The van der Waals surface area contributed by atoms with Gasteiger partial charge in [-0.1, -0.05) is 0 Å². The number of nitrogens with two attached hydrogens (primary N) is 1. The van der Waals surface area contributed by atoms with Crippen molar-refractivity contribution < 1.29 is 0 Å². The molecule has 0 saturated carbocycles. The van der Waals surface area contributed by atoms with Gasteiger partial charge in [0.1, 0.15) is 0 Å². The fourth-order valence-electron chi connectivity index (χ4n) is 1.13. The molecular formula is C8H16N6. The maximum absolute atomic E-state index is 5.29. The van der Waals surface area contributed by atoms with Gasteiger partial charge in [-0.3, -0.25) is 15.1 Å². The van der Waals surface area contributed by atoms with E-state index in [1.165, 1.54) is 0 Å². The van der Waals surface area contributed by atoms with Gasteiger partial charge >= 0.3 is 0 Å². The van der Waals surface area contributed by atoms with Crippen LogP contribution in [0.3, 0.4) is 0 Å². The molecule has 0 amide bonds. The number of hydrogen-bond acceptors (Lipinski definition) is 3. The highest BCUT2D eigenvalue weighted by atomic mass is 15.3. The van der Waals surface area contributed by atoms with E-state index in [1.807, 2.05) is 27.1 Å². The number of hydrazine groups is 1. The zero-order valence-electron chi connectivity index (χ0n) is 8.70. The van der Waals surface area contributed by atoms with Gasteiger partial charge in [0.2, 0.25) is 5.96 Å². The predicted octanol–water partition coefficient (Wildman–Crippen LogP) is -0.0204. The Bertz CT molecular complexity index is 327. The number of aryl methyl sites for hydroxylation is 2. The molecule has 0 fully saturated rings. The summed E-state index contributed by atoms with van der Waals surface area (Å²) in [5, 5.41) is 7.24. The van der Waals surface area contributed by atoms with Crippen molar-refractivity contribution in [3.63, 3.8) is 0 Å². The van der Waals surface area contributed by atoms with Gasteiger partial charge in [-0.15, -0.1) is 0 Å². The number of aliphatic imine (C=N–C) groups is 1. The van der Waals surface area contributed by atoms with Crippen molar-refractivity contribution in [1.82, 2.24) is 15.2 Å². The van der Waals surface area contributed by atoms with Gasteiger partial charge in [0.25, 0.3) is 0 Å². The highest BCUT2D eigenvalue weighted by molar-refractivity contribution is 5.93. The summed E-state index contributed by atoms with van der Waals surface area (Å²) in [5.41, 5.74) is 4.30. The predicted molar refractivity (Wildman–Crippen MR) is 56.9 cm³/mol. The SMILES string of the molecule is CCN=C(NN)Nc1cn(C)nc1C. The fourth-order valence-corrected chi connectivity index (χ4v) is 1.13. The Labute approximate surface area is 83.2 Å². The number of rotatable bonds is 2. The summed E-state index contributed by atoms with van der Waals surface area (Å²) in [6.07, 6.45) is 1.87. The van der Waals surface area contributed by atoms with Crippen molar-refractivity contribution >= 4 is 11.6 Å². The monoisotopic (exact) mass is 196 g/mol. The van der Waals surface area contributed by atoms with Crippen molar-refractivity contribution in [3.05, 3.63) is 11.9 Å². The van der Waals surface area contributed by atoms with Crippen molar-refractivity contribution in [1.29, 1.82) is 0 Å². The molecule has 1 heterocycles. The molecule has 6 nitrogen and oxygen atoms in total. The van der Waals surface area contributed by atoms with Crippen LogP contribution < -0.4 is 16.6 Å². The molecule has 0 spiro atoms. The minimum absolute atomic E-state index is 0.545. The number of nitrogens with zero attached hydrogens (tertiary/aromatic N) is 3. The molecule has 0 aromatic carbocycles. The minimum atomic E-state index is 0.545. The van der Waals surface area contributed by atoms with Crippen LogP contribution in [0.2, 0.25) is 0 Å². The minimum Gasteiger partial charge on any atom is -0.322 e. The zero-order chi connectivity index (χ0) is 10.6. The smallest absolute Gasteiger partial charge is 0.210 e. The lowest BCUT2D eigenvalue weighted by atomic mass is 10.4. The standard InChI is InChI=1S/C8H16N6/c1-4-10-8(12-9)11-7-5-14(3)13-6(7)2/h5H,4,9H2,1-3H3,(H2,10,11,12). The summed E-state index contributed by atoms with van der Waals surface area (Å²) < 4.78 is 1.73. The van der Waals surface area contributed by atoms with E-state index in [4.69, 9.17) is 5.84 Å². The summed E-state index contributed by atoms with van der Waals surface area (Å²) in [7, 11) is 1.87. The van der Waals surface area contributed by atoms with E-state index in [1.54, 1.807) is 4.68 Å². The summed E-state index contributed by atoms with van der Waals surface area (Å²) in [6.45, 7) is 4.53. The molecule has 78 valence electrons. The molecule has 1 rings (SSSR count). The molecule has 0 aliphatic rings. The average Bonchev–Trinajstić information content (AvgIpc) is 2.44. The molecular weight excluding hydrogens is 180 g/mol. The summed E-state index contributed by atoms with van der Waals surface area (Å²) in [6, 6.07) is 0. The molecule has 0 atom stereocenters. The van der Waals surface area contributed by atoms with Crippen LogP contribution in [0.15, 0.2) is 11.2 Å². The molecule has 0 bridgehead atoms. The second kappa shape index (κ2) is 4.61. The Morgan fingerprint density at radius 3 is 2.86 bits per heavy atom. The summed E-state index contributed by atoms with van der Waals surface area (Å²) >= 11 is 0. The van der Waals surface area contributed by atoms with Gasteiger partial charge < -0.3 is 5.32 Å². The third kappa shape index (κ3) is 2.46. The van der Waals surface area contributed by atoms with E-state index < -0.39 is 0 Å². The quantitative estimate of drug-likeness (QED) is 0.269. The number of anilines is 1. The lowest BCUT2D eigenvalue weighted by Gasteiger charge is -2.06. The van der Waals surface area contributed by atoms with E-state index in [0.717, 1.165) is 11.4 Å². The first kappa shape index (κ1) is 10.5. The Morgan fingerprint density at radius 2 is 2.43 bits per heavy atom. The van der Waals surface area contributed by atoms with E-state index in [-0.39, 0.29) is 0 Å². The molecule has 1 aromatic rings. The van der Waals surface area contributed by atoms with Crippen LogP contribution in [0, 0.1) is 6.92 Å². The van der Waals surface area contributed by atoms with Crippen molar-refractivity contribution in [2.75, 3.05) is 11.9 Å². The van der Waals surface area contributed by atoms with Crippen LogP contribution in [0.1, 0.15) is 12.6 Å². The van der Waals surface area contributed by atoms with Crippen LogP contribution >= 0.6 is 0 Å². The van der Waals surface area contributed by atoms with E-state index in [2.05, 4.69) is 20.8 Å². The number of nitrogens with one attached hydrogen (secondary N) is 2. The summed E-state index contributed by atoms with van der Waals surface area (Å²) in [5.74, 6) is 5.84. The first-order valence-corrected chi connectivity index (χ1v) is 4.45. The van der Waals surface area contributed by atoms with Crippen LogP contribution in [0.5, 0.6) is 0 Å². The normalized spacial score (nSPS) is 11.6. The second-order valence-corrected chi connectivity index (χ2v) is 2.89. The maximum Gasteiger partial charge on any atom is 0.210 e. The van der Waals surface area contributed by atoms with E-state index in [0.29, 0.717) is 12.5 Å². The Morgan fingerprint density at radius 1 is 1.71 bits per heavy atom. The van der Waals surface area contributed by atoms with Gasteiger partial charge in [-0.25, -0.2) is 5.84 Å². The lowest BCUT2D eigenvalue weighted by molar-refractivity contribution is 0.756. The summed E-state index contributed by atoms with van der Waals surface area (Å²) in [4.78, 5) is 4.12. The highest BCUT2D eigenvalue weighted by Gasteiger charge is 2.04. The van der Waals surface area contributed by atoms with E-state index >= 15 is 0 Å².